The molecule has 0 aliphatic rings. The zero-order chi connectivity index (χ0) is 19.5. The van der Waals surface area contributed by atoms with Gasteiger partial charge in [-0.05, 0) is 28.9 Å². The van der Waals surface area contributed by atoms with Crippen LogP contribution < -0.4 is 15.8 Å². The molecule has 0 spiro atoms. The van der Waals surface area contributed by atoms with Crippen LogP contribution in [0.3, 0.4) is 0 Å². The average Bonchev–Trinajstić information content (AvgIpc) is 3.02. The Labute approximate surface area is 153 Å². The molecule has 3 N–H and O–H groups in total. The lowest BCUT2D eigenvalue weighted by Gasteiger charge is -2.37. The highest BCUT2D eigenvalue weighted by Gasteiger charge is 2.53. The molecule has 0 aliphatic carbocycles. The van der Waals surface area contributed by atoms with Crippen LogP contribution in [0, 0.1) is 15.5 Å². The molecule has 138 valence electrons. The zero-order valence-corrected chi connectivity index (χ0v) is 15.2. The van der Waals surface area contributed by atoms with Gasteiger partial charge in [-0.15, -0.1) is 0 Å². The van der Waals surface area contributed by atoms with Crippen molar-refractivity contribution in [1.82, 2.24) is 4.98 Å². The fraction of sp³-hybridized carbons (Fsp3) is 0.312. The summed E-state index contributed by atoms with van der Waals surface area (Å²) < 4.78 is 5.26. The molecule has 0 saturated heterocycles. The van der Waals surface area contributed by atoms with Gasteiger partial charge in [0, 0.05) is 0 Å². The van der Waals surface area contributed by atoms with Crippen molar-refractivity contribution >= 4 is 33.3 Å². The van der Waals surface area contributed by atoms with Crippen LogP contribution in [-0.4, -0.2) is 27.3 Å². The summed E-state index contributed by atoms with van der Waals surface area (Å²) in [6, 6.07) is 8.21. The van der Waals surface area contributed by atoms with Crippen molar-refractivity contribution in [2.45, 2.75) is 26.3 Å². The van der Waals surface area contributed by atoms with Gasteiger partial charge in [0.2, 0.25) is 0 Å². The second-order valence-corrected chi connectivity index (χ2v) is 7.48. The topological polar surface area (TPSA) is 137 Å². The number of thiazole rings is 1. The molecule has 0 radical (unpaired) electrons. The molecule has 0 saturated carbocycles. The SMILES string of the molecule is CC(C)(C)[C@](N)(C(=O)Nc1ncc([N+](=O)[O-])s1)C(=O)Oc1ccccc1. The van der Waals surface area contributed by atoms with E-state index < -0.39 is 27.8 Å². The highest BCUT2D eigenvalue weighted by Crippen LogP contribution is 2.33. The number of nitrogens with zero attached hydrogens (tertiary/aromatic N) is 2. The van der Waals surface area contributed by atoms with E-state index in [4.69, 9.17) is 10.5 Å². The van der Waals surface area contributed by atoms with Crippen molar-refractivity contribution in [2.24, 2.45) is 11.1 Å². The molecule has 9 nitrogen and oxygen atoms in total. The molecule has 1 aromatic heterocycles. The van der Waals surface area contributed by atoms with E-state index in [2.05, 4.69) is 10.3 Å². The minimum Gasteiger partial charge on any atom is -0.425 e. The predicted octanol–water partition coefficient (Wildman–Crippen LogP) is 2.34. The van der Waals surface area contributed by atoms with E-state index in [0.717, 1.165) is 6.20 Å². The number of anilines is 1. The second kappa shape index (κ2) is 7.18. The Morgan fingerprint density at radius 3 is 2.38 bits per heavy atom. The first-order valence-corrected chi connectivity index (χ1v) is 8.35. The van der Waals surface area contributed by atoms with Crippen molar-refractivity contribution in [3.8, 4) is 5.75 Å². The van der Waals surface area contributed by atoms with Crippen LogP contribution in [0.4, 0.5) is 10.1 Å². The van der Waals surface area contributed by atoms with Gasteiger partial charge in [-0.25, -0.2) is 9.78 Å². The van der Waals surface area contributed by atoms with E-state index in [-0.39, 0.29) is 15.9 Å². The van der Waals surface area contributed by atoms with Gasteiger partial charge in [0.25, 0.3) is 5.91 Å². The number of esters is 1. The number of rotatable bonds is 5. The average molecular weight is 378 g/mol. The van der Waals surface area contributed by atoms with E-state index in [9.17, 15) is 19.7 Å². The van der Waals surface area contributed by atoms with E-state index in [1.54, 1.807) is 51.1 Å². The van der Waals surface area contributed by atoms with E-state index in [1.807, 2.05) is 0 Å². The normalized spacial score (nSPS) is 13.5. The molecule has 1 atom stereocenters. The van der Waals surface area contributed by atoms with Crippen molar-refractivity contribution in [1.29, 1.82) is 0 Å². The fourth-order valence-electron chi connectivity index (χ4n) is 2.02. The summed E-state index contributed by atoms with van der Waals surface area (Å²) in [4.78, 5) is 39.3. The summed E-state index contributed by atoms with van der Waals surface area (Å²) in [6.45, 7) is 4.84. The van der Waals surface area contributed by atoms with Crippen LogP contribution in [0.5, 0.6) is 5.75 Å². The number of nitrogens with two attached hydrogens (primary N) is 1. The Bertz CT molecular complexity index is 831. The molecule has 1 amide bonds. The number of carbonyl (C=O) groups excluding carboxylic acids is 2. The number of benzene rings is 1. The Morgan fingerprint density at radius 1 is 1.27 bits per heavy atom. The van der Waals surface area contributed by atoms with Gasteiger partial charge in [-0.2, -0.15) is 0 Å². The molecule has 0 bridgehead atoms. The highest BCUT2D eigenvalue weighted by molar-refractivity contribution is 7.18. The molecular formula is C16H18N4O5S. The van der Waals surface area contributed by atoms with Gasteiger partial charge in [-0.1, -0.05) is 39.0 Å². The molecule has 1 aromatic carbocycles. The first kappa shape index (κ1) is 19.5. The summed E-state index contributed by atoms with van der Waals surface area (Å²) in [5, 5.41) is 12.8. The maximum atomic E-state index is 12.8. The van der Waals surface area contributed by atoms with Crippen LogP contribution >= 0.6 is 11.3 Å². The van der Waals surface area contributed by atoms with Gasteiger partial charge in [0.05, 0.1) is 4.92 Å². The van der Waals surface area contributed by atoms with Crippen LogP contribution in [0.25, 0.3) is 0 Å². The molecule has 0 aliphatic heterocycles. The summed E-state index contributed by atoms with van der Waals surface area (Å²) in [5.41, 5.74) is 3.12. The maximum absolute atomic E-state index is 12.8. The van der Waals surface area contributed by atoms with Crippen molar-refractivity contribution < 1.29 is 19.2 Å². The number of ether oxygens (including phenoxy) is 1. The van der Waals surface area contributed by atoms with E-state index in [0.29, 0.717) is 11.3 Å². The smallest absolute Gasteiger partial charge is 0.345 e. The Balaban J connectivity index is 2.28. The summed E-state index contributed by atoms with van der Waals surface area (Å²) in [7, 11) is 0. The maximum Gasteiger partial charge on any atom is 0.345 e. The molecule has 26 heavy (non-hydrogen) atoms. The van der Waals surface area contributed by atoms with E-state index in [1.165, 1.54) is 0 Å². The lowest BCUT2D eigenvalue weighted by Crippen LogP contribution is -2.66. The molecule has 2 aromatic rings. The molecule has 0 unspecified atom stereocenters. The van der Waals surface area contributed by atoms with Crippen molar-refractivity contribution in [3.63, 3.8) is 0 Å². The molecular weight excluding hydrogens is 360 g/mol. The third kappa shape index (κ3) is 3.86. The number of nitrogens with one attached hydrogen (secondary N) is 1. The number of nitro groups is 1. The first-order chi connectivity index (χ1) is 12.1. The quantitative estimate of drug-likeness (QED) is 0.268. The van der Waals surface area contributed by atoms with Gasteiger partial charge in [0.1, 0.15) is 11.9 Å². The second-order valence-electron chi connectivity index (χ2n) is 6.48. The van der Waals surface area contributed by atoms with Gasteiger partial charge < -0.3 is 10.5 Å². The van der Waals surface area contributed by atoms with Gasteiger partial charge in [-0.3, -0.25) is 20.2 Å². The van der Waals surface area contributed by atoms with Crippen LogP contribution in [-0.2, 0) is 9.59 Å². The third-order valence-corrected chi connectivity index (χ3v) is 4.58. The van der Waals surface area contributed by atoms with Crippen molar-refractivity contribution in [3.05, 3.63) is 46.6 Å². The number of carbonyl (C=O) groups is 2. The largest absolute Gasteiger partial charge is 0.425 e. The molecule has 0 fully saturated rings. The molecule has 1 heterocycles. The number of hydrogen-bond donors (Lipinski definition) is 2. The van der Waals surface area contributed by atoms with Crippen LogP contribution in [0.15, 0.2) is 36.5 Å². The lowest BCUT2D eigenvalue weighted by atomic mass is 9.73. The zero-order valence-electron chi connectivity index (χ0n) is 14.4. The fourth-order valence-corrected chi connectivity index (χ4v) is 2.65. The minimum absolute atomic E-state index is 0.0340. The Hall–Kier alpha value is -2.85. The number of aromatic nitrogens is 1. The van der Waals surface area contributed by atoms with Crippen molar-refractivity contribution in [2.75, 3.05) is 5.32 Å². The summed E-state index contributed by atoms with van der Waals surface area (Å²) >= 11 is 0.662. The molecule has 2 rings (SSSR count). The first-order valence-electron chi connectivity index (χ1n) is 7.53. The number of amides is 1. The molecule has 10 heteroatoms. The Kier molecular flexibility index (Phi) is 5.38. The summed E-state index contributed by atoms with van der Waals surface area (Å²) in [6.07, 6.45) is 1.01. The van der Waals surface area contributed by atoms with Gasteiger partial charge >= 0.3 is 11.0 Å². The minimum atomic E-state index is -2.05. The lowest BCUT2D eigenvalue weighted by molar-refractivity contribution is -0.380. The number of para-hydroxylation sites is 1. The Morgan fingerprint density at radius 2 is 1.88 bits per heavy atom. The monoisotopic (exact) mass is 378 g/mol. The van der Waals surface area contributed by atoms with Gasteiger partial charge in [0.15, 0.2) is 10.7 Å². The predicted molar refractivity (Wildman–Crippen MR) is 95.8 cm³/mol. The highest BCUT2D eigenvalue weighted by atomic mass is 32.1. The standard InChI is InChI=1S/C16H18N4O5S/c1-15(2,3)16(17,13(22)25-10-7-5-4-6-8-10)12(21)19-14-18-9-11(26-14)20(23)24/h4-9H,17H2,1-3H3,(H,18,19,21)/t16-/m0/s1. The summed E-state index contributed by atoms with van der Waals surface area (Å²) in [5.74, 6) is -1.57. The third-order valence-electron chi connectivity index (χ3n) is 3.71. The number of hydrogen-bond acceptors (Lipinski definition) is 8. The van der Waals surface area contributed by atoms with Crippen LogP contribution in [0.2, 0.25) is 0 Å². The van der Waals surface area contributed by atoms with E-state index >= 15 is 0 Å². The van der Waals surface area contributed by atoms with Crippen LogP contribution in [0.1, 0.15) is 20.8 Å².